The predicted molar refractivity (Wildman–Crippen MR) is 133 cm³/mol. The van der Waals surface area contributed by atoms with Crippen molar-refractivity contribution in [1.82, 2.24) is 26.1 Å². The Morgan fingerprint density at radius 2 is 1.14 bits per heavy atom. The van der Waals surface area contributed by atoms with Crippen molar-refractivity contribution >= 4 is 23.6 Å². The van der Waals surface area contributed by atoms with Gasteiger partial charge in [-0.15, -0.1) is 0 Å². The molecule has 13 heteroatoms. The zero-order chi connectivity index (χ0) is 27.0. The van der Waals surface area contributed by atoms with E-state index in [0.717, 1.165) is 17.9 Å². The van der Waals surface area contributed by atoms with E-state index >= 15 is 0 Å². The lowest BCUT2D eigenvalue weighted by molar-refractivity contribution is -0.166. The molecule has 0 aromatic rings. The molecule has 8 N–H and O–H groups in total. The Kier molecular flexibility index (Phi) is 21.6. The minimum absolute atomic E-state index is 0.0289. The van der Waals surface area contributed by atoms with Gasteiger partial charge in [0.05, 0.1) is 0 Å². The summed E-state index contributed by atoms with van der Waals surface area (Å²) in [6, 6.07) is 0. The number of hydrogen-bond donors (Lipinski definition) is 7. The molecule has 0 bridgehead atoms. The molecule has 0 atom stereocenters. The number of hydrogen-bond acceptors (Lipinski definition) is 9. The van der Waals surface area contributed by atoms with Gasteiger partial charge < -0.3 is 32.0 Å². The van der Waals surface area contributed by atoms with Crippen LogP contribution in [0.1, 0.15) is 70.6 Å². The summed E-state index contributed by atoms with van der Waals surface area (Å²) in [5.41, 5.74) is 5.38. The summed E-state index contributed by atoms with van der Waals surface area (Å²) in [4.78, 5) is 46.2. The second-order valence-corrected chi connectivity index (χ2v) is 8.55. The third-order valence-corrected chi connectivity index (χ3v) is 5.30. The highest BCUT2D eigenvalue weighted by Gasteiger charge is 2.13. The first kappa shape index (κ1) is 33.7. The minimum Gasteiger partial charge on any atom is -0.387 e. The van der Waals surface area contributed by atoms with Crippen LogP contribution < -0.4 is 21.7 Å². The molecule has 0 heterocycles. The van der Waals surface area contributed by atoms with Crippen molar-refractivity contribution in [2.45, 2.75) is 70.6 Å². The molecule has 0 rings (SSSR count). The molecule has 0 aliphatic heterocycles. The Morgan fingerprint density at radius 1 is 0.611 bits per heavy atom. The number of nitrogens with one attached hydrogen (secondary N) is 3. The molecular formula is C23H46N6O7. The fraction of sp³-hybridized carbons (Fsp3) is 0.826. The molecule has 13 nitrogen and oxygen atoms in total. The van der Waals surface area contributed by atoms with Crippen LogP contribution in [0.15, 0.2) is 0 Å². The topological polar surface area (TPSA) is 198 Å². The highest BCUT2D eigenvalue weighted by Crippen LogP contribution is 2.03. The van der Waals surface area contributed by atoms with Crippen LogP contribution in [0.2, 0.25) is 0 Å². The Hall–Kier alpha value is -2.32. The Balaban J connectivity index is 3.64. The van der Waals surface area contributed by atoms with Crippen LogP contribution in [-0.2, 0) is 19.2 Å². The van der Waals surface area contributed by atoms with Crippen LogP contribution in [0.5, 0.6) is 0 Å². The molecule has 0 saturated carbocycles. The van der Waals surface area contributed by atoms with E-state index in [9.17, 15) is 29.6 Å². The molecule has 0 aliphatic rings. The maximum atomic E-state index is 11.9. The van der Waals surface area contributed by atoms with Crippen molar-refractivity contribution in [3.63, 3.8) is 0 Å². The summed E-state index contributed by atoms with van der Waals surface area (Å²) < 4.78 is 0. The molecule has 0 saturated heterocycles. The molecule has 210 valence electrons. The van der Waals surface area contributed by atoms with E-state index in [-0.39, 0.29) is 31.2 Å². The zero-order valence-corrected chi connectivity index (χ0v) is 21.4. The van der Waals surface area contributed by atoms with Gasteiger partial charge in [-0.3, -0.25) is 24.4 Å². The van der Waals surface area contributed by atoms with Gasteiger partial charge in [-0.1, -0.05) is 6.42 Å². The number of aliphatic hydroxyl groups is 1. The van der Waals surface area contributed by atoms with Crippen LogP contribution in [0.3, 0.4) is 0 Å². The molecular weight excluding hydrogens is 472 g/mol. The van der Waals surface area contributed by atoms with Crippen LogP contribution in [0, 0.1) is 0 Å². The van der Waals surface area contributed by atoms with Crippen molar-refractivity contribution in [2.24, 2.45) is 5.73 Å². The summed E-state index contributed by atoms with van der Waals surface area (Å²) in [7, 11) is 0. The lowest BCUT2D eigenvalue weighted by Crippen LogP contribution is -2.31. The van der Waals surface area contributed by atoms with Gasteiger partial charge in [-0.25, -0.2) is 5.06 Å². The number of rotatable bonds is 23. The number of carbonyl (C=O) groups excluding carboxylic acids is 4. The van der Waals surface area contributed by atoms with Crippen LogP contribution in [-0.4, -0.2) is 102 Å². The summed E-state index contributed by atoms with van der Waals surface area (Å²) in [5, 5.41) is 38.1. The normalized spacial score (nSPS) is 10.8. The minimum atomic E-state index is -0.528. The standard InChI is InChI=1S/C23H46N6O7/c24-12-2-3-13-26-21(32)10-11-23(34)29(36)18-7-1-6-16-28(35)17-8-9-20(31)25-14-4-5-15-27-22(33)19-30/h30,35-36H,1-19,24H2,(H,25,31)(H,26,32)(H,27,33). The van der Waals surface area contributed by atoms with E-state index in [1.807, 2.05) is 0 Å². The highest BCUT2D eigenvalue weighted by atomic mass is 16.5. The van der Waals surface area contributed by atoms with Gasteiger partial charge >= 0.3 is 0 Å². The van der Waals surface area contributed by atoms with Gasteiger partial charge in [0, 0.05) is 58.5 Å². The predicted octanol–water partition coefficient (Wildman–Crippen LogP) is -0.514. The lowest BCUT2D eigenvalue weighted by Gasteiger charge is -2.16. The summed E-state index contributed by atoms with van der Waals surface area (Å²) in [6.45, 7) is 2.47. The summed E-state index contributed by atoms with van der Waals surface area (Å²) in [5.74, 6) is -1.24. The monoisotopic (exact) mass is 518 g/mol. The van der Waals surface area contributed by atoms with Crippen molar-refractivity contribution in [3.8, 4) is 0 Å². The van der Waals surface area contributed by atoms with Gasteiger partial charge in [0.1, 0.15) is 6.61 Å². The lowest BCUT2D eigenvalue weighted by atomic mass is 10.2. The molecule has 0 aromatic heterocycles. The maximum absolute atomic E-state index is 11.9. The Bertz CT molecular complexity index is 624. The smallest absolute Gasteiger partial charge is 0.246 e. The van der Waals surface area contributed by atoms with Crippen molar-refractivity contribution < 1.29 is 34.7 Å². The summed E-state index contributed by atoms with van der Waals surface area (Å²) >= 11 is 0. The Labute approximate surface area is 213 Å². The first-order valence-corrected chi connectivity index (χ1v) is 12.8. The van der Waals surface area contributed by atoms with Crippen LogP contribution in [0.4, 0.5) is 0 Å². The number of unbranched alkanes of at least 4 members (excludes halogenated alkanes) is 4. The van der Waals surface area contributed by atoms with Crippen molar-refractivity contribution in [2.75, 3.05) is 52.4 Å². The second kappa shape index (κ2) is 23.1. The quantitative estimate of drug-likeness (QED) is 0.0529. The van der Waals surface area contributed by atoms with E-state index in [1.165, 1.54) is 0 Å². The molecule has 0 spiro atoms. The van der Waals surface area contributed by atoms with Crippen LogP contribution >= 0.6 is 0 Å². The molecule has 36 heavy (non-hydrogen) atoms. The van der Waals surface area contributed by atoms with Gasteiger partial charge in [-0.05, 0) is 51.5 Å². The van der Waals surface area contributed by atoms with Crippen molar-refractivity contribution in [3.05, 3.63) is 0 Å². The number of carbonyl (C=O) groups is 4. The SMILES string of the molecule is NCCCCNC(=O)CCC(=O)N(O)CCCCCN(O)CCCC(=O)NCCCCNC(=O)CO. The van der Waals surface area contributed by atoms with E-state index < -0.39 is 18.4 Å². The second-order valence-electron chi connectivity index (χ2n) is 8.55. The third-order valence-electron chi connectivity index (χ3n) is 5.30. The molecule has 4 amide bonds. The molecule has 0 unspecified atom stereocenters. The largest absolute Gasteiger partial charge is 0.387 e. The molecule has 0 aromatic carbocycles. The third kappa shape index (κ3) is 21.0. The van der Waals surface area contributed by atoms with Crippen molar-refractivity contribution in [1.29, 1.82) is 0 Å². The maximum Gasteiger partial charge on any atom is 0.246 e. The van der Waals surface area contributed by atoms with E-state index in [1.54, 1.807) is 0 Å². The number of hydroxylamine groups is 4. The number of aliphatic hydroxyl groups excluding tert-OH is 1. The van der Waals surface area contributed by atoms with Crippen LogP contribution in [0.25, 0.3) is 0 Å². The average molecular weight is 519 g/mol. The fourth-order valence-corrected chi connectivity index (χ4v) is 3.18. The molecule has 0 aliphatic carbocycles. The first-order valence-electron chi connectivity index (χ1n) is 12.8. The van der Waals surface area contributed by atoms with E-state index in [0.29, 0.717) is 89.3 Å². The highest BCUT2D eigenvalue weighted by molar-refractivity contribution is 5.83. The number of nitrogens with zero attached hydrogens (tertiary/aromatic N) is 2. The van der Waals surface area contributed by atoms with Gasteiger partial charge in [0.15, 0.2) is 0 Å². The first-order chi connectivity index (χ1) is 17.3. The number of nitrogens with two attached hydrogens (primary N) is 1. The summed E-state index contributed by atoms with van der Waals surface area (Å²) in [6.07, 6.45) is 5.74. The van der Waals surface area contributed by atoms with E-state index in [4.69, 9.17) is 10.8 Å². The fourth-order valence-electron chi connectivity index (χ4n) is 3.18. The molecule has 0 fully saturated rings. The zero-order valence-electron chi connectivity index (χ0n) is 21.4. The van der Waals surface area contributed by atoms with Gasteiger partial charge in [0.2, 0.25) is 23.6 Å². The molecule has 0 radical (unpaired) electrons. The Morgan fingerprint density at radius 3 is 1.75 bits per heavy atom. The average Bonchev–Trinajstić information content (AvgIpc) is 2.86. The number of amides is 4. The van der Waals surface area contributed by atoms with Gasteiger partial charge in [0.25, 0.3) is 0 Å². The van der Waals surface area contributed by atoms with E-state index in [2.05, 4.69) is 16.0 Å². The van der Waals surface area contributed by atoms with Gasteiger partial charge in [-0.2, -0.15) is 5.06 Å².